The van der Waals surface area contributed by atoms with Crippen molar-refractivity contribution in [2.75, 3.05) is 0 Å². The van der Waals surface area contributed by atoms with E-state index in [1.54, 1.807) is 25.1 Å². The van der Waals surface area contributed by atoms with E-state index in [1.807, 2.05) is 13.8 Å². The van der Waals surface area contributed by atoms with Crippen molar-refractivity contribution in [2.45, 2.75) is 26.7 Å². The van der Waals surface area contributed by atoms with E-state index in [-0.39, 0.29) is 5.92 Å². The number of oxazole rings is 1. The molecule has 0 aliphatic rings. The number of fused-ring (bicyclic) bond motifs is 1. The minimum absolute atomic E-state index is 0.0398. The monoisotopic (exact) mass is 233 g/mol. The van der Waals surface area contributed by atoms with Gasteiger partial charge in [-0.15, -0.1) is 0 Å². The molecule has 0 amide bonds. The number of benzene rings is 1. The van der Waals surface area contributed by atoms with Crippen LogP contribution in [0.5, 0.6) is 0 Å². The van der Waals surface area contributed by atoms with Crippen molar-refractivity contribution < 1.29 is 14.3 Å². The number of aryl methyl sites for hydroxylation is 1. The summed E-state index contributed by atoms with van der Waals surface area (Å²) in [7, 11) is 0. The third-order valence-electron chi connectivity index (χ3n) is 2.81. The van der Waals surface area contributed by atoms with Crippen LogP contribution in [-0.2, 0) is 4.79 Å². The molecule has 0 radical (unpaired) electrons. The second-order valence-electron chi connectivity index (χ2n) is 4.52. The topological polar surface area (TPSA) is 63.3 Å². The summed E-state index contributed by atoms with van der Waals surface area (Å²) in [5, 5.41) is 9.23. The molecule has 17 heavy (non-hydrogen) atoms. The molecule has 0 saturated carbocycles. The first-order valence-corrected chi connectivity index (χ1v) is 5.59. The lowest BCUT2D eigenvalue weighted by molar-refractivity contribution is -0.139. The highest BCUT2D eigenvalue weighted by molar-refractivity contribution is 5.80. The van der Waals surface area contributed by atoms with E-state index in [0.29, 0.717) is 17.0 Å². The Kier molecular flexibility index (Phi) is 2.88. The van der Waals surface area contributed by atoms with Crippen molar-refractivity contribution in [3.63, 3.8) is 0 Å². The molecule has 0 fully saturated rings. The van der Waals surface area contributed by atoms with E-state index >= 15 is 0 Å². The van der Waals surface area contributed by atoms with Crippen molar-refractivity contribution in [1.29, 1.82) is 0 Å². The molecule has 90 valence electrons. The summed E-state index contributed by atoms with van der Waals surface area (Å²) in [5.74, 6) is -0.678. The second-order valence-corrected chi connectivity index (χ2v) is 4.52. The number of aliphatic carboxylic acids is 1. The molecule has 0 saturated heterocycles. The molecule has 1 N–H and O–H groups in total. The quantitative estimate of drug-likeness (QED) is 0.885. The highest BCUT2D eigenvalue weighted by atomic mass is 16.4. The van der Waals surface area contributed by atoms with Gasteiger partial charge in [0.15, 0.2) is 11.5 Å². The fourth-order valence-electron chi connectivity index (χ4n) is 2.07. The van der Waals surface area contributed by atoms with Crippen LogP contribution in [0.15, 0.2) is 22.6 Å². The lowest BCUT2D eigenvalue weighted by Gasteiger charge is -2.16. The van der Waals surface area contributed by atoms with Gasteiger partial charge >= 0.3 is 5.97 Å². The van der Waals surface area contributed by atoms with Gasteiger partial charge in [0.05, 0.1) is 5.92 Å². The Hall–Kier alpha value is -1.84. The Morgan fingerprint density at radius 2 is 2.12 bits per heavy atom. The van der Waals surface area contributed by atoms with Crippen LogP contribution in [0.4, 0.5) is 0 Å². The zero-order valence-corrected chi connectivity index (χ0v) is 10.1. The third-order valence-corrected chi connectivity index (χ3v) is 2.81. The molecular formula is C13H15NO3. The normalized spacial score (nSPS) is 13.2. The fraction of sp³-hybridized carbons (Fsp3) is 0.385. The number of carbonyl (C=O) groups is 1. The Morgan fingerprint density at radius 1 is 1.41 bits per heavy atom. The first-order valence-electron chi connectivity index (χ1n) is 5.59. The van der Waals surface area contributed by atoms with Gasteiger partial charge in [0, 0.05) is 6.92 Å². The predicted octanol–water partition coefficient (Wildman–Crippen LogP) is 2.96. The van der Waals surface area contributed by atoms with Gasteiger partial charge in [-0.25, -0.2) is 4.98 Å². The van der Waals surface area contributed by atoms with E-state index in [9.17, 15) is 9.90 Å². The fourth-order valence-corrected chi connectivity index (χ4v) is 2.07. The van der Waals surface area contributed by atoms with Crippen LogP contribution >= 0.6 is 0 Å². The minimum Gasteiger partial charge on any atom is -0.481 e. The first kappa shape index (κ1) is 11.6. The van der Waals surface area contributed by atoms with Crippen LogP contribution in [0.2, 0.25) is 0 Å². The van der Waals surface area contributed by atoms with Gasteiger partial charge in [0.1, 0.15) is 5.52 Å². The van der Waals surface area contributed by atoms with E-state index in [2.05, 4.69) is 4.98 Å². The Labute approximate surface area is 99.3 Å². The van der Waals surface area contributed by atoms with Crippen molar-refractivity contribution in [3.8, 4) is 0 Å². The van der Waals surface area contributed by atoms with Gasteiger partial charge in [-0.3, -0.25) is 4.79 Å². The molecule has 2 rings (SSSR count). The molecule has 1 heterocycles. The van der Waals surface area contributed by atoms with E-state index in [0.717, 1.165) is 5.56 Å². The maximum Gasteiger partial charge on any atom is 0.311 e. The summed E-state index contributed by atoms with van der Waals surface area (Å²) >= 11 is 0. The molecule has 1 atom stereocenters. The zero-order chi connectivity index (χ0) is 12.6. The number of hydrogen-bond acceptors (Lipinski definition) is 3. The summed E-state index contributed by atoms with van der Waals surface area (Å²) < 4.78 is 5.37. The van der Waals surface area contributed by atoms with Crippen LogP contribution in [0.3, 0.4) is 0 Å². The molecule has 4 nitrogen and oxygen atoms in total. The highest BCUT2D eigenvalue weighted by Crippen LogP contribution is 2.27. The van der Waals surface area contributed by atoms with Gasteiger partial charge in [-0.2, -0.15) is 0 Å². The molecule has 0 aliphatic heterocycles. The molecule has 0 aliphatic carbocycles. The van der Waals surface area contributed by atoms with E-state index < -0.39 is 11.9 Å². The van der Waals surface area contributed by atoms with E-state index in [4.69, 9.17) is 4.42 Å². The summed E-state index contributed by atoms with van der Waals surface area (Å²) in [6, 6.07) is 5.37. The molecule has 1 aromatic heterocycles. The lowest BCUT2D eigenvalue weighted by Crippen LogP contribution is -2.17. The molecule has 1 unspecified atom stereocenters. The SMILES string of the molecule is Cc1nc2cc(C(C(=O)O)C(C)C)ccc2o1. The van der Waals surface area contributed by atoms with Crippen LogP contribution < -0.4 is 0 Å². The van der Waals surface area contributed by atoms with Gasteiger partial charge in [0.25, 0.3) is 0 Å². The predicted molar refractivity (Wildman–Crippen MR) is 64.0 cm³/mol. The number of aromatic nitrogens is 1. The Bertz CT molecular complexity index is 557. The lowest BCUT2D eigenvalue weighted by atomic mass is 9.88. The van der Waals surface area contributed by atoms with Gasteiger partial charge in [-0.1, -0.05) is 19.9 Å². The molecular weight excluding hydrogens is 218 g/mol. The van der Waals surface area contributed by atoms with Gasteiger partial charge < -0.3 is 9.52 Å². The van der Waals surface area contributed by atoms with Gasteiger partial charge in [-0.05, 0) is 23.6 Å². The largest absolute Gasteiger partial charge is 0.481 e. The highest BCUT2D eigenvalue weighted by Gasteiger charge is 2.24. The molecule has 0 bridgehead atoms. The Balaban J connectivity index is 2.50. The van der Waals surface area contributed by atoms with Crippen LogP contribution in [0, 0.1) is 12.8 Å². The van der Waals surface area contributed by atoms with Crippen molar-refractivity contribution >= 4 is 17.1 Å². The number of carboxylic acids is 1. The van der Waals surface area contributed by atoms with Crippen molar-refractivity contribution in [2.24, 2.45) is 5.92 Å². The first-order chi connectivity index (χ1) is 7.99. The molecule has 4 heteroatoms. The van der Waals surface area contributed by atoms with Crippen molar-refractivity contribution in [3.05, 3.63) is 29.7 Å². The zero-order valence-electron chi connectivity index (χ0n) is 10.1. The van der Waals surface area contributed by atoms with Crippen LogP contribution in [0.25, 0.3) is 11.1 Å². The standard InChI is InChI=1S/C13H15NO3/c1-7(2)12(13(15)16)9-4-5-11-10(6-9)14-8(3)17-11/h4-7,12H,1-3H3,(H,15,16). The van der Waals surface area contributed by atoms with Crippen LogP contribution in [-0.4, -0.2) is 16.1 Å². The number of nitrogens with zero attached hydrogens (tertiary/aromatic N) is 1. The maximum atomic E-state index is 11.2. The Morgan fingerprint density at radius 3 is 2.71 bits per heavy atom. The second kappa shape index (κ2) is 4.20. The van der Waals surface area contributed by atoms with Crippen LogP contribution in [0.1, 0.15) is 31.2 Å². The average Bonchev–Trinajstić information content (AvgIpc) is 2.56. The molecule has 0 spiro atoms. The number of hydrogen-bond donors (Lipinski definition) is 1. The smallest absolute Gasteiger partial charge is 0.311 e. The summed E-state index contributed by atoms with van der Waals surface area (Å²) in [6.07, 6.45) is 0. The maximum absolute atomic E-state index is 11.2. The molecule has 1 aromatic carbocycles. The van der Waals surface area contributed by atoms with Crippen molar-refractivity contribution in [1.82, 2.24) is 4.98 Å². The number of rotatable bonds is 3. The number of carboxylic acid groups (broad SMARTS) is 1. The summed E-state index contributed by atoms with van der Waals surface area (Å²) in [6.45, 7) is 5.57. The minimum atomic E-state index is -0.806. The average molecular weight is 233 g/mol. The summed E-state index contributed by atoms with van der Waals surface area (Å²) in [5.41, 5.74) is 2.18. The summed E-state index contributed by atoms with van der Waals surface area (Å²) in [4.78, 5) is 15.5. The third kappa shape index (κ3) is 2.16. The van der Waals surface area contributed by atoms with E-state index in [1.165, 1.54) is 0 Å². The molecule has 2 aromatic rings. The van der Waals surface area contributed by atoms with Gasteiger partial charge in [0.2, 0.25) is 0 Å².